The van der Waals surface area contributed by atoms with E-state index >= 15 is 0 Å². The van der Waals surface area contributed by atoms with Gasteiger partial charge in [0.05, 0.1) is 0 Å². The van der Waals surface area contributed by atoms with E-state index in [1.165, 1.54) is 11.1 Å². The second-order valence-electron chi connectivity index (χ2n) is 4.37. The maximum absolute atomic E-state index is 7.33. The molecule has 0 bridgehead atoms. The number of aryl methyl sites for hydroxylation is 2. The van der Waals surface area contributed by atoms with Crippen LogP contribution in [0.2, 0.25) is 0 Å². The van der Waals surface area contributed by atoms with E-state index in [1.807, 2.05) is 24.3 Å². The van der Waals surface area contributed by atoms with Crippen molar-refractivity contribution in [3.05, 3.63) is 71.3 Å². The molecule has 0 saturated carbocycles. The van der Waals surface area contributed by atoms with E-state index in [-0.39, 0.29) is 49.9 Å². The Balaban J connectivity index is 0.00000180. The standard InChI is InChI=1S/C16H17N2.Ac/c17-16(18)15-11-9-14(10-12-15)8-4-7-13-5-2-1-3-6-13;/h2-3,5-6,9-12H,4,7-8H2,(H3,17,18);/q-1;. The molecule has 0 aromatic heterocycles. The Morgan fingerprint density at radius 3 is 2.00 bits per heavy atom. The molecule has 0 spiro atoms. The zero-order valence-corrected chi connectivity index (χ0v) is 15.6. The first-order valence-electron chi connectivity index (χ1n) is 6.14. The molecule has 2 aromatic carbocycles. The molecule has 0 unspecified atom stereocenters. The molecule has 0 atom stereocenters. The minimum atomic E-state index is 0. The van der Waals surface area contributed by atoms with Crippen molar-refractivity contribution in [2.45, 2.75) is 19.3 Å². The van der Waals surface area contributed by atoms with Crippen LogP contribution in [0.4, 0.5) is 0 Å². The van der Waals surface area contributed by atoms with Crippen LogP contribution in [0.5, 0.6) is 0 Å². The van der Waals surface area contributed by atoms with E-state index in [4.69, 9.17) is 11.1 Å². The smallest absolute Gasteiger partial charge is 0.122 e. The van der Waals surface area contributed by atoms with Gasteiger partial charge in [-0.25, -0.2) is 0 Å². The largest absolute Gasteiger partial charge is 0.384 e. The van der Waals surface area contributed by atoms with Gasteiger partial charge in [0, 0.05) is 49.6 Å². The first-order chi connectivity index (χ1) is 8.75. The van der Waals surface area contributed by atoms with Gasteiger partial charge < -0.3 is 5.73 Å². The number of hydrogen-bond acceptors (Lipinski definition) is 1. The predicted octanol–water partition coefficient (Wildman–Crippen LogP) is 2.95. The summed E-state index contributed by atoms with van der Waals surface area (Å²) in [6.07, 6.45) is 3.27. The molecular formula is C16H17AcN2-. The number of amidine groups is 1. The Kier molecular flexibility index (Phi) is 7.35. The third-order valence-corrected chi connectivity index (χ3v) is 2.98. The van der Waals surface area contributed by atoms with Crippen molar-refractivity contribution in [2.24, 2.45) is 5.73 Å². The third kappa shape index (κ3) is 5.47. The normalized spacial score (nSPS) is 9.68. The fourth-order valence-electron chi connectivity index (χ4n) is 1.94. The zero-order valence-electron chi connectivity index (χ0n) is 10.9. The molecule has 95 valence electrons. The van der Waals surface area contributed by atoms with E-state index in [0.717, 1.165) is 24.8 Å². The fraction of sp³-hybridized carbons (Fsp3) is 0.188. The van der Waals surface area contributed by atoms with Gasteiger partial charge in [0.15, 0.2) is 0 Å². The number of hydrogen-bond donors (Lipinski definition) is 2. The Bertz CT molecular complexity index is 506. The number of benzene rings is 2. The van der Waals surface area contributed by atoms with Gasteiger partial charge >= 0.3 is 0 Å². The summed E-state index contributed by atoms with van der Waals surface area (Å²) in [5.41, 5.74) is 8.86. The summed E-state index contributed by atoms with van der Waals surface area (Å²) in [6.45, 7) is 0. The van der Waals surface area contributed by atoms with Gasteiger partial charge in [-0.15, -0.1) is 0 Å². The van der Waals surface area contributed by atoms with Gasteiger partial charge in [-0.2, -0.15) is 35.9 Å². The maximum Gasteiger partial charge on any atom is 0.122 e. The van der Waals surface area contributed by atoms with Crippen molar-refractivity contribution in [1.82, 2.24) is 0 Å². The van der Waals surface area contributed by atoms with Crippen LogP contribution < -0.4 is 5.73 Å². The molecule has 0 fully saturated rings. The van der Waals surface area contributed by atoms with Crippen LogP contribution in [-0.4, -0.2) is 5.84 Å². The molecule has 1 radical (unpaired) electrons. The van der Waals surface area contributed by atoms with Gasteiger partial charge in [-0.05, 0) is 18.4 Å². The molecule has 0 aliphatic carbocycles. The quantitative estimate of drug-likeness (QED) is 0.399. The monoisotopic (exact) mass is 464 g/mol. The van der Waals surface area contributed by atoms with Crippen LogP contribution in [0.3, 0.4) is 0 Å². The van der Waals surface area contributed by atoms with Gasteiger partial charge in [0.1, 0.15) is 5.84 Å². The SMILES string of the molecule is N=C(N)c1ccc(CCCc2cc[c-]cc2)cc1.[Ac]. The summed E-state index contributed by atoms with van der Waals surface area (Å²) in [5.74, 6) is 0.127. The summed E-state index contributed by atoms with van der Waals surface area (Å²) in [7, 11) is 0. The number of nitrogens with one attached hydrogen (secondary N) is 1. The van der Waals surface area contributed by atoms with Crippen molar-refractivity contribution in [3.63, 3.8) is 0 Å². The molecule has 2 rings (SSSR count). The summed E-state index contributed by atoms with van der Waals surface area (Å²) in [6, 6.07) is 19.1. The van der Waals surface area contributed by atoms with E-state index < -0.39 is 0 Å². The summed E-state index contributed by atoms with van der Waals surface area (Å²) in [4.78, 5) is 0. The van der Waals surface area contributed by atoms with Crippen LogP contribution >= 0.6 is 0 Å². The molecule has 0 amide bonds. The van der Waals surface area contributed by atoms with Gasteiger partial charge in [-0.1, -0.05) is 30.7 Å². The second-order valence-corrected chi connectivity index (χ2v) is 4.37. The molecular weight excluding hydrogens is 447 g/mol. The first-order valence-corrected chi connectivity index (χ1v) is 6.14. The summed E-state index contributed by atoms with van der Waals surface area (Å²) < 4.78 is 0. The number of nitrogens with two attached hydrogens (primary N) is 1. The Morgan fingerprint density at radius 2 is 1.47 bits per heavy atom. The first kappa shape index (κ1) is 16.4. The predicted molar refractivity (Wildman–Crippen MR) is 74.8 cm³/mol. The molecule has 2 nitrogen and oxygen atoms in total. The van der Waals surface area contributed by atoms with Crippen LogP contribution in [0, 0.1) is 55.5 Å². The van der Waals surface area contributed by atoms with Crippen molar-refractivity contribution in [2.75, 3.05) is 0 Å². The summed E-state index contributed by atoms with van der Waals surface area (Å²) >= 11 is 0. The zero-order chi connectivity index (χ0) is 12.8. The van der Waals surface area contributed by atoms with Crippen LogP contribution in [0.1, 0.15) is 23.1 Å². The topological polar surface area (TPSA) is 49.9 Å². The van der Waals surface area contributed by atoms with E-state index in [2.05, 4.69) is 30.3 Å². The summed E-state index contributed by atoms with van der Waals surface area (Å²) in [5, 5.41) is 7.33. The average Bonchev–Trinajstić information content (AvgIpc) is 2.40. The molecule has 2 aromatic rings. The molecule has 0 heterocycles. The molecule has 0 aliphatic rings. The van der Waals surface area contributed by atoms with E-state index in [9.17, 15) is 0 Å². The minimum Gasteiger partial charge on any atom is -0.384 e. The number of rotatable bonds is 5. The molecule has 3 N–H and O–H groups in total. The van der Waals surface area contributed by atoms with Crippen molar-refractivity contribution in [3.8, 4) is 0 Å². The fourth-order valence-corrected chi connectivity index (χ4v) is 1.94. The van der Waals surface area contributed by atoms with Crippen LogP contribution in [0.25, 0.3) is 0 Å². The molecule has 3 heteroatoms. The van der Waals surface area contributed by atoms with Crippen LogP contribution in [-0.2, 0) is 12.8 Å². The Morgan fingerprint density at radius 1 is 0.947 bits per heavy atom. The minimum absolute atomic E-state index is 0. The molecule has 0 aliphatic heterocycles. The molecule has 0 saturated heterocycles. The Labute approximate surface area is 150 Å². The van der Waals surface area contributed by atoms with Gasteiger partial charge in [-0.3, -0.25) is 5.41 Å². The van der Waals surface area contributed by atoms with Crippen molar-refractivity contribution >= 4 is 5.84 Å². The maximum atomic E-state index is 7.33. The van der Waals surface area contributed by atoms with Crippen LogP contribution in [0.15, 0.2) is 48.5 Å². The van der Waals surface area contributed by atoms with Gasteiger partial charge in [0.2, 0.25) is 0 Å². The van der Waals surface area contributed by atoms with Gasteiger partial charge in [0.25, 0.3) is 0 Å². The molecule has 19 heavy (non-hydrogen) atoms. The third-order valence-electron chi connectivity index (χ3n) is 2.98. The Hall–Kier alpha value is -0.648. The number of nitrogen functional groups attached to an aromatic ring is 1. The van der Waals surface area contributed by atoms with E-state index in [0.29, 0.717) is 0 Å². The second kappa shape index (κ2) is 8.51. The average molecular weight is 464 g/mol. The van der Waals surface area contributed by atoms with E-state index in [1.54, 1.807) is 0 Å². The van der Waals surface area contributed by atoms with Crippen molar-refractivity contribution in [1.29, 1.82) is 5.41 Å². The van der Waals surface area contributed by atoms with Crippen molar-refractivity contribution < 1.29 is 44.1 Å².